The lowest BCUT2D eigenvalue weighted by Gasteiger charge is -2.30. The average Bonchev–Trinajstić information content (AvgIpc) is 2.76. The number of fused-ring (bicyclic) bond motifs is 1. The van der Waals surface area contributed by atoms with Gasteiger partial charge in [-0.1, -0.05) is 30.3 Å². The van der Waals surface area contributed by atoms with E-state index in [1.807, 2.05) is 48.5 Å². The number of carbonyl (C=O) groups excluding carboxylic acids is 3. The number of amides is 3. The van der Waals surface area contributed by atoms with Gasteiger partial charge in [0.1, 0.15) is 6.54 Å². The normalized spacial score (nSPS) is 17.3. The van der Waals surface area contributed by atoms with Gasteiger partial charge in [-0.15, -0.1) is 0 Å². The Kier molecular flexibility index (Phi) is 6.32. The lowest BCUT2D eigenvalue weighted by atomic mass is 9.96. The Morgan fingerprint density at radius 2 is 1.81 bits per heavy atom. The predicted octanol–water partition coefficient (Wildman–Crippen LogP) is 2.30. The third-order valence-corrected chi connectivity index (χ3v) is 6.10. The minimum atomic E-state index is -0.218. The molecule has 2 aliphatic rings. The first-order chi connectivity index (χ1) is 15.0. The van der Waals surface area contributed by atoms with Crippen LogP contribution in [0.1, 0.15) is 30.4 Å². The molecule has 1 saturated heterocycles. The molecule has 2 aromatic carbocycles. The average molecular weight is 421 g/mol. The van der Waals surface area contributed by atoms with Crippen molar-refractivity contribution in [2.24, 2.45) is 11.7 Å². The number of nitrogens with one attached hydrogen (secondary N) is 1. The molecule has 0 aliphatic carbocycles. The molecule has 4 rings (SSSR count). The first kappa shape index (κ1) is 21.1. The molecule has 3 N–H and O–H groups in total. The summed E-state index contributed by atoms with van der Waals surface area (Å²) in [6.07, 6.45) is 2.71. The highest BCUT2D eigenvalue weighted by atomic mass is 16.2. The number of benzene rings is 2. The van der Waals surface area contributed by atoms with E-state index >= 15 is 0 Å². The molecule has 3 amide bonds. The molecular weight excluding hydrogens is 392 g/mol. The van der Waals surface area contributed by atoms with Crippen molar-refractivity contribution >= 4 is 29.1 Å². The number of likely N-dealkylation sites (tertiary alicyclic amines) is 1. The molecule has 0 radical (unpaired) electrons. The van der Waals surface area contributed by atoms with Gasteiger partial charge in [0.25, 0.3) is 0 Å². The fourth-order valence-electron chi connectivity index (χ4n) is 4.40. The molecule has 7 heteroatoms. The van der Waals surface area contributed by atoms with Crippen molar-refractivity contribution < 1.29 is 14.4 Å². The lowest BCUT2D eigenvalue weighted by Crippen LogP contribution is -2.40. The van der Waals surface area contributed by atoms with Gasteiger partial charge in [-0.3, -0.25) is 19.3 Å². The molecule has 0 aromatic heterocycles. The van der Waals surface area contributed by atoms with E-state index in [2.05, 4.69) is 10.2 Å². The summed E-state index contributed by atoms with van der Waals surface area (Å²) in [6, 6.07) is 15.5. The molecule has 0 bridgehead atoms. The van der Waals surface area contributed by atoms with E-state index < -0.39 is 0 Å². The van der Waals surface area contributed by atoms with E-state index in [1.165, 1.54) is 0 Å². The zero-order valence-electron chi connectivity index (χ0n) is 17.5. The van der Waals surface area contributed by atoms with Crippen molar-refractivity contribution in [1.29, 1.82) is 0 Å². The summed E-state index contributed by atoms with van der Waals surface area (Å²) in [5, 5.41) is 2.93. The topological polar surface area (TPSA) is 95.7 Å². The summed E-state index contributed by atoms with van der Waals surface area (Å²) < 4.78 is 0. The van der Waals surface area contributed by atoms with Gasteiger partial charge in [0.2, 0.25) is 17.7 Å². The number of rotatable bonds is 6. The summed E-state index contributed by atoms with van der Waals surface area (Å²) in [5.74, 6) is -0.477. The second-order valence-electron chi connectivity index (χ2n) is 8.31. The number of piperidine rings is 1. The molecule has 2 heterocycles. The Morgan fingerprint density at radius 1 is 1.03 bits per heavy atom. The highest BCUT2D eigenvalue weighted by Crippen LogP contribution is 2.27. The Bertz CT molecular complexity index is 982. The van der Waals surface area contributed by atoms with Crippen LogP contribution in [0.4, 0.5) is 11.4 Å². The number of nitrogens with zero attached hydrogens (tertiary/aromatic N) is 2. The number of para-hydroxylation sites is 1. The van der Waals surface area contributed by atoms with Gasteiger partial charge in [0.05, 0.1) is 0 Å². The van der Waals surface area contributed by atoms with Gasteiger partial charge < -0.3 is 16.0 Å². The molecule has 0 spiro atoms. The third kappa shape index (κ3) is 5.11. The maximum atomic E-state index is 12.7. The first-order valence-corrected chi connectivity index (χ1v) is 10.8. The van der Waals surface area contributed by atoms with Crippen LogP contribution in [0.25, 0.3) is 0 Å². The van der Waals surface area contributed by atoms with Crippen LogP contribution in [0, 0.1) is 5.92 Å². The molecule has 162 valence electrons. The summed E-state index contributed by atoms with van der Waals surface area (Å²) in [6.45, 7) is 2.43. The number of carbonyl (C=O) groups is 3. The monoisotopic (exact) mass is 420 g/mol. The maximum absolute atomic E-state index is 12.7. The largest absolute Gasteiger partial charge is 0.369 e. The standard InChI is InChI=1S/C24H28N4O3/c25-24(31)19-10-12-27(13-11-19)15-17-4-3-6-20(14-17)26-22(29)16-28-21-7-2-1-5-18(21)8-9-23(28)30/h1-7,14,19H,8-13,15-16H2,(H2,25,31)(H,26,29). The van der Waals surface area contributed by atoms with Gasteiger partial charge >= 0.3 is 0 Å². The van der Waals surface area contributed by atoms with Crippen LogP contribution < -0.4 is 16.0 Å². The molecule has 2 aromatic rings. The highest BCUT2D eigenvalue weighted by Gasteiger charge is 2.26. The smallest absolute Gasteiger partial charge is 0.244 e. The van der Waals surface area contributed by atoms with E-state index in [9.17, 15) is 14.4 Å². The van der Waals surface area contributed by atoms with E-state index in [1.54, 1.807) is 4.90 Å². The Morgan fingerprint density at radius 3 is 2.58 bits per heavy atom. The zero-order valence-corrected chi connectivity index (χ0v) is 17.5. The van der Waals surface area contributed by atoms with E-state index in [0.717, 1.165) is 49.3 Å². The number of hydrogen-bond acceptors (Lipinski definition) is 4. The number of nitrogens with two attached hydrogens (primary N) is 1. The van der Waals surface area contributed by atoms with Crippen LogP contribution in [-0.4, -0.2) is 42.3 Å². The summed E-state index contributed by atoms with van der Waals surface area (Å²) in [7, 11) is 0. The van der Waals surface area contributed by atoms with E-state index in [4.69, 9.17) is 5.73 Å². The number of hydrogen-bond donors (Lipinski definition) is 2. The molecule has 0 atom stereocenters. The van der Waals surface area contributed by atoms with Gasteiger partial charge in [-0.25, -0.2) is 0 Å². The Balaban J connectivity index is 1.35. The minimum Gasteiger partial charge on any atom is -0.369 e. The molecule has 2 aliphatic heterocycles. The van der Waals surface area contributed by atoms with E-state index in [-0.39, 0.29) is 30.2 Å². The van der Waals surface area contributed by atoms with Crippen molar-refractivity contribution in [3.05, 3.63) is 59.7 Å². The third-order valence-electron chi connectivity index (χ3n) is 6.10. The van der Waals surface area contributed by atoms with Crippen LogP contribution >= 0.6 is 0 Å². The van der Waals surface area contributed by atoms with Crippen LogP contribution in [0.5, 0.6) is 0 Å². The van der Waals surface area contributed by atoms with Gasteiger partial charge in [0.15, 0.2) is 0 Å². The number of aryl methyl sites for hydroxylation is 1. The maximum Gasteiger partial charge on any atom is 0.244 e. The number of primary amides is 1. The lowest BCUT2D eigenvalue weighted by molar-refractivity contribution is -0.123. The van der Waals surface area contributed by atoms with Gasteiger partial charge in [-0.2, -0.15) is 0 Å². The van der Waals surface area contributed by atoms with E-state index in [0.29, 0.717) is 18.5 Å². The second-order valence-corrected chi connectivity index (χ2v) is 8.31. The van der Waals surface area contributed by atoms with Crippen LogP contribution in [0.2, 0.25) is 0 Å². The Hall–Kier alpha value is -3.19. The summed E-state index contributed by atoms with van der Waals surface area (Å²) in [5.41, 5.74) is 9.13. The second kappa shape index (κ2) is 9.31. The molecule has 0 unspecified atom stereocenters. The summed E-state index contributed by atoms with van der Waals surface area (Å²) >= 11 is 0. The fraction of sp³-hybridized carbons (Fsp3) is 0.375. The van der Waals surface area contributed by atoms with Crippen molar-refractivity contribution in [3.63, 3.8) is 0 Å². The molecule has 7 nitrogen and oxygen atoms in total. The Labute approximate surface area is 182 Å². The molecule has 0 saturated carbocycles. The van der Waals surface area contributed by atoms with Crippen LogP contribution in [0.3, 0.4) is 0 Å². The van der Waals surface area contributed by atoms with Crippen molar-refractivity contribution in [3.8, 4) is 0 Å². The van der Waals surface area contributed by atoms with Gasteiger partial charge in [-0.05, 0) is 61.7 Å². The molecule has 31 heavy (non-hydrogen) atoms. The highest BCUT2D eigenvalue weighted by molar-refractivity contribution is 6.04. The van der Waals surface area contributed by atoms with Crippen molar-refractivity contribution in [2.45, 2.75) is 32.2 Å². The summed E-state index contributed by atoms with van der Waals surface area (Å²) in [4.78, 5) is 40.3. The van der Waals surface area contributed by atoms with Crippen LogP contribution in [0.15, 0.2) is 48.5 Å². The molecular formula is C24H28N4O3. The van der Waals surface area contributed by atoms with Crippen LogP contribution in [-0.2, 0) is 27.3 Å². The first-order valence-electron chi connectivity index (χ1n) is 10.8. The SMILES string of the molecule is NC(=O)C1CCN(Cc2cccc(NC(=O)CN3C(=O)CCc4ccccc43)c2)CC1. The fourth-order valence-corrected chi connectivity index (χ4v) is 4.40. The number of anilines is 2. The molecule has 1 fully saturated rings. The van der Waals surface area contributed by atoms with Crippen molar-refractivity contribution in [2.75, 3.05) is 29.9 Å². The quantitative estimate of drug-likeness (QED) is 0.750. The predicted molar refractivity (Wildman–Crippen MR) is 119 cm³/mol. The van der Waals surface area contributed by atoms with Crippen molar-refractivity contribution in [1.82, 2.24) is 4.90 Å². The minimum absolute atomic E-state index is 0.000699. The van der Waals surface area contributed by atoms with Gasteiger partial charge in [0, 0.05) is 30.3 Å². The zero-order chi connectivity index (χ0) is 21.8.